The van der Waals surface area contributed by atoms with Crippen LogP contribution >= 0.6 is 11.6 Å². The third-order valence-corrected chi connectivity index (χ3v) is 2.96. The average Bonchev–Trinajstić information content (AvgIpc) is 2.83. The lowest BCUT2D eigenvalue weighted by Crippen LogP contribution is -2.27. The first-order chi connectivity index (χ1) is 7.77. The molecule has 0 bridgehead atoms. The number of likely N-dealkylation sites (tertiary alicyclic amines) is 1. The third-order valence-electron chi connectivity index (χ3n) is 2.69. The minimum absolute atomic E-state index is 0.0528. The van der Waals surface area contributed by atoms with E-state index in [1.165, 1.54) is 0 Å². The molecule has 16 heavy (non-hydrogen) atoms. The normalized spacial score (nSPS) is 16.6. The van der Waals surface area contributed by atoms with Crippen molar-refractivity contribution in [1.82, 2.24) is 4.90 Å². The Labute approximate surface area is 101 Å². The highest BCUT2D eigenvalue weighted by Gasteiger charge is 2.19. The van der Waals surface area contributed by atoms with E-state index < -0.39 is 0 Å². The molecule has 0 aromatic heterocycles. The standard InChI is InChI=1S/C13H14ClNO/c14-12(10-11-6-2-1-3-7-11)13(16)15-8-4-5-9-15/h1-3,6-7,10H,4-5,8-9H2/b12-10-. The summed E-state index contributed by atoms with van der Waals surface area (Å²) in [6.07, 6.45) is 3.89. The maximum absolute atomic E-state index is 11.9. The molecule has 0 atom stereocenters. The number of hydrogen-bond donors (Lipinski definition) is 0. The van der Waals surface area contributed by atoms with Gasteiger partial charge in [0.25, 0.3) is 5.91 Å². The van der Waals surface area contributed by atoms with Gasteiger partial charge in [0.05, 0.1) is 0 Å². The van der Waals surface area contributed by atoms with Crippen LogP contribution in [-0.4, -0.2) is 23.9 Å². The van der Waals surface area contributed by atoms with Crippen molar-refractivity contribution in [2.75, 3.05) is 13.1 Å². The van der Waals surface area contributed by atoms with E-state index in [4.69, 9.17) is 11.6 Å². The summed E-state index contributed by atoms with van der Waals surface area (Å²) in [6, 6.07) is 9.65. The molecule has 1 heterocycles. The molecular formula is C13H14ClNO. The smallest absolute Gasteiger partial charge is 0.265 e. The zero-order valence-electron chi connectivity index (χ0n) is 9.03. The molecule has 84 valence electrons. The van der Waals surface area contributed by atoms with Crippen molar-refractivity contribution < 1.29 is 4.79 Å². The fourth-order valence-corrected chi connectivity index (χ4v) is 2.07. The second kappa shape index (κ2) is 5.17. The maximum atomic E-state index is 11.9. The van der Waals surface area contributed by atoms with E-state index in [0.29, 0.717) is 5.03 Å². The molecule has 3 heteroatoms. The summed E-state index contributed by atoms with van der Waals surface area (Å²) in [5.74, 6) is -0.0528. The van der Waals surface area contributed by atoms with Gasteiger partial charge >= 0.3 is 0 Å². The molecule has 1 fully saturated rings. The molecule has 2 rings (SSSR count). The molecule has 1 amide bonds. The summed E-state index contributed by atoms with van der Waals surface area (Å²) >= 11 is 6.02. The summed E-state index contributed by atoms with van der Waals surface area (Å²) in [7, 11) is 0. The highest BCUT2D eigenvalue weighted by atomic mass is 35.5. The molecule has 1 saturated heterocycles. The Bertz CT molecular complexity index is 394. The molecule has 1 aliphatic rings. The van der Waals surface area contributed by atoms with Crippen LogP contribution in [0.2, 0.25) is 0 Å². The van der Waals surface area contributed by atoms with Crippen LogP contribution in [0.1, 0.15) is 18.4 Å². The fraction of sp³-hybridized carbons (Fsp3) is 0.308. The number of nitrogens with zero attached hydrogens (tertiary/aromatic N) is 1. The number of amides is 1. The van der Waals surface area contributed by atoms with Crippen LogP contribution in [0.15, 0.2) is 35.4 Å². The van der Waals surface area contributed by atoms with Crippen molar-refractivity contribution in [1.29, 1.82) is 0 Å². The molecular weight excluding hydrogens is 222 g/mol. The summed E-state index contributed by atoms with van der Waals surface area (Å²) < 4.78 is 0. The number of carbonyl (C=O) groups excluding carboxylic acids is 1. The highest BCUT2D eigenvalue weighted by Crippen LogP contribution is 2.16. The zero-order valence-corrected chi connectivity index (χ0v) is 9.78. The van der Waals surface area contributed by atoms with Gasteiger partial charge in [0.15, 0.2) is 0 Å². The average molecular weight is 236 g/mol. The van der Waals surface area contributed by atoms with E-state index in [0.717, 1.165) is 31.5 Å². The predicted molar refractivity (Wildman–Crippen MR) is 66.1 cm³/mol. The highest BCUT2D eigenvalue weighted by molar-refractivity contribution is 6.44. The quantitative estimate of drug-likeness (QED) is 0.722. The Balaban J connectivity index is 2.09. The minimum Gasteiger partial charge on any atom is -0.338 e. The lowest BCUT2D eigenvalue weighted by molar-refractivity contribution is -0.125. The van der Waals surface area contributed by atoms with E-state index >= 15 is 0 Å². The van der Waals surface area contributed by atoms with E-state index in [1.807, 2.05) is 35.2 Å². The minimum atomic E-state index is -0.0528. The number of halogens is 1. The second-order valence-electron chi connectivity index (χ2n) is 3.90. The van der Waals surface area contributed by atoms with Gasteiger partial charge in [0.1, 0.15) is 5.03 Å². The van der Waals surface area contributed by atoms with E-state index in [1.54, 1.807) is 6.08 Å². The second-order valence-corrected chi connectivity index (χ2v) is 4.31. The largest absolute Gasteiger partial charge is 0.338 e. The van der Waals surface area contributed by atoms with Gasteiger partial charge in [-0.1, -0.05) is 41.9 Å². The Morgan fingerprint density at radius 2 is 1.81 bits per heavy atom. The zero-order chi connectivity index (χ0) is 11.4. The first kappa shape index (κ1) is 11.2. The summed E-state index contributed by atoms with van der Waals surface area (Å²) in [5.41, 5.74) is 0.958. The van der Waals surface area contributed by atoms with Crippen molar-refractivity contribution in [2.45, 2.75) is 12.8 Å². The van der Waals surface area contributed by atoms with Gasteiger partial charge in [-0.15, -0.1) is 0 Å². The Morgan fingerprint density at radius 3 is 2.44 bits per heavy atom. The van der Waals surface area contributed by atoms with Crippen LogP contribution in [-0.2, 0) is 4.79 Å². The Kier molecular flexibility index (Phi) is 3.62. The topological polar surface area (TPSA) is 20.3 Å². The van der Waals surface area contributed by atoms with Gasteiger partial charge in [0.2, 0.25) is 0 Å². The van der Waals surface area contributed by atoms with Crippen LogP contribution in [0.4, 0.5) is 0 Å². The molecule has 0 aliphatic carbocycles. The lowest BCUT2D eigenvalue weighted by Gasteiger charge is -2.14. The van der Waals surface area contributed by atoms with Crippen LogP contribution in [0, 0.1) is 0 Å². The number of hydrogen-bond acceptors (Lipinski definition) is 1. The third kappa shape index (κ3) is 2.64. The van der Waals surface area contributed by atoms with Crippen molar-refractivity contribution >= 4 is 23.6 Å². The lowest BCUT2D eigenvalue weighted by atomic mass is 10.2. The van der Waals surface area contributed by atoms with E-state index in [9.17, 15) is 4.79 Å². The van der Waals surface area contributed by atoms with Gasteiger partial charge in [-0.3, -0.25) is 4.79 Å². The van der Waals surface area contributed by atoms with Crippen LogP contribution in [0.25, 0.3) is 6.08 Å². The molecule has 0 radical (unpaired) electrons. The van der Waals surface area contributed by atoms with E-state index in [2.05, 4.69) is 0 Å². The van der Waals surface area contributed by atoms with Crippen LogP contribution in [0.3, 0.4) is 0 Å². The Morgan fingerprint density at radius 1 is 1.19 bits per heavy atom. The summed E-state index contributed by atoms with van der Waals surface area (Å²) in [6.45, 7) is 1.66. The van der Waals surface area contributed by atoms with Gasteiger partial charge in [-0.2, -0.15) is 0 Å². The molecule has 0 N–H and O–H groups in total. The number of rotatable bonds is 2. The van der Waals surface area contributed by atoms with Crippen molar-refractivity contribution in [2.24, 2.45) is 0 Å². The molecule has 1 aliphatic heterocycles. The Hall–Kier alpha value is -1.28. The fourth-order valence-electron chi connectivity index (χ4n) is 1.83. The molecule has 0 unspecified atom stereocenters. The molecule has 0 spiro atoms. The van der Waals surface area contributed by atoms with Crippen LogP contribution < -0.4 is 0 Å². The van der Waals surface area contributed by atoms with Crippen molar-refractivity contribution in [3.05, 3.63) is 40.9 Å². The number of benzene rings is 1. The molecule has 1 aromatic rings. The molecule has 0 saturated carbocycles. The van der Waals surface area contributed by atoms with Crippen molar-refractivity contribution in [3.8, 4) is 0 Å². The van der Waals surface area contributed by atoms with Gasteiger partial charge < -0.3 is 4.90 Å². The predicted octanol–water partition coefficient (Wildman–Crippen LogP) is 2.89. The maximum Gasteiger partial charge on any atom is 0.265 e. The summed E-state index contributed by atoms with van der Waals surface area (Å²) in [5, 5.41) is 0.299. The van der Waals surface area contributed by atoms with Gasteiger partial charge in [-0.05, 0) is 24.5 Å². The monoisotopic (exact) mass is 235 g/mol. The van der Waals surface area contributed by atoms with Crippen molar-refractivity contribution in [3.63, 3.8) is 0 Å². The first-order valence-corrected chi connectivity index (χ1v) is 5.87. The van der Waals surface area contributed by atoms with E-state index in [-0.39, 0.29) is 5.91 Å². The molecule has 2 nitrogen and oxygen atoms in total. The molecule has 1 aromatic carbocycles. The summed E-state index contributed by atoms with van der Waals surface area (Å²) in [4.78, 5) is 13.7. The van der Waals surface area contributed by atoms with Crippen LogP contribution in [0.5, 0.6) is 0 Å². The first-order valence-electron chi connectivity index (χ1n) is 5.49. The van der Waals surface area contributed by atoms with Gasteiger partial charge in [0, 0.05) is 13.1 Å². The van der Waals surface area contributed by atoms with Gasteiger partial charge in [-0.25, -0.2) is 0 Å². The SMILES string of the molecule is O=C(/C(Cl)=C/c1ccccc1)N1CCCC1. The number of carbonyl (C=O) groups is 1.